The Kier molecular flexibility index (Phi) is 7.17. The van der Waals surface area contributed by atoms with Crippen LogP contribution in [0, 0.1) is 25.7 Å². The number of carbonyl (C=O) groups excluding carboxylic acids is 1. The molecule has 1 saturated carbocycles. The number of aryl methyl sites for hydroxylation is 2. The van der Waals surface area contributed by atoms with Crippen molar-refractivity contribution in [3.63, 3.8) is 0 Å². The van der Waals surface area contributed by atoms with E-state index in [0.29, 0.717) is 23.3 Å². The highest BCUT2D eigenvalue weighted by atomic mass is 32.1. The fourth-order valence-electron chi connectivity index (χ4n) is 4.85. The number of hydrogen-bond donors (Lipinski definition) is 1. The molecule has 0 atom stereocenters. The molecular weight excluding hydrogens is 434 g/mol. The highest BCUT2D eigenvalue weighted by molar-refractivity contribution is 7.17. The van der Waals surface area contributed by atoms with Crippen LogP contribution in [-0.4, -0.2) is 21.6 Å². The Morgan fingerprint density at radius 3 is 2.58 bits per heavy atom. The molecule has 0 radical (unpaired) electrons. The summed E-state index contributed by atoms with van der Waals surface area (Å²) >= 11 is 1.40. The fourth-order valence-corrected chi connectivity index (χ4v) is 5.69. The first kappa shape index (κ1) is 23.5. The topological polar surface area (TPSA) is 73.1 Å². The van der Waals surface area contributed by atoms with Crippen molar-refractivity contribution in [2.45, 2.75) is 66.0 Å². The Bertz CT molecular complexity index is 1260. The standard InChI is InChI=1S/C26H33N3O3S/c1-4-12-27-24(30)20-9-7-19(8-10-20)15-29-25(31)23-22(11-13-33-23)28(26(29)32)16-21-14-17(2)5-6-18(21)3/h5-6,11,13-14,19-20H,4,7-10,12,15-16H2,1-3H3,(H,27,30). The van der Waals surface area contributed by atoms with Crippen LogP contribution in [-0.2, 0) is 17.9 Å². The van der Waals surface area contributed by atoms with E-state index in [1.807, 2.05) is 25.3 Å². The molecule has 0 unspecified atom stereocenters. The van der Waals surface area contributed by atoms with Gasteiger partial charge in [0.05, 0.1) is 12.1 Å². The summed E-state index contributed by atoms with van der Waals surface area (Å²) in [4.78, 5) is 39.0. The Morgan fingerprint density at radius 1 is 1.09 bits per heavy atom. The number of thiophene rings is 1. The quantitative estimate of drug-likeness (QED) is 0.565. The van der Waals surface area contributed by atoms with Crippen molar-refractivity contribution in [3.8, 4) is 0 Å². The SMILES string of the molecule is CCCNC(=O)C1CCC(Cn2c(=O)c3sccc3n(Cc3cc(C)ccc3C)c2=O)CC1. The molecule has 7 heteroatoms. The molecule has 0 saturated heterocycles. The van der Waals surface area contributed by atoms with E-state index in [4.69, 9.17) is 0 Å². The van der Waals surface area contributed by atoms with Gasteiger partial charge in [0.1, 0.15) is 4.70 Å². The van der Waals surface area contributed by atoms with Crippen LogP contribution in [0.15, 0.2) is 39.2 Å². The second-order valence-corrected chi connectivity index (χ2v) is 10.3. The first-order valence-electron chi connectivity index (χ1n) is 11.9. The van der Waals surface area contributed by atoms with Crippen molar-refractivity contribution >= 4 is 27.5 Å². The zero-order valence-electron chi connectivity index (χ0n) is 19.7. The Hall–Kier alpha value is -2.67. The van der Waals surface area contributed by atoms with Crippen LogP contribution >= 0.6 is 11.3 Å². The molecule has 1 amide bonds. The van der Waals surface area contributed by atoms with Gasteiger partial charge in [0.25, 0.3) is 5.56 Å². The number of carbonyl (C=O) groups is 1. The van der Waals surface area contributed by atoms with E-state index in [0.717, 1.165) is 55.3 Å². The van der Waals surface area contributed by atoms with Crippen LogP contribution < -0.4 is 16.6 Å². The molecule has 176 valence electrons. The van der Waals surface area contributed by atoms with Gasteiger partial charge in [-0.2, -0.15) is 0 Å². The molecule has 1 aromatic carbocycles. The molecule has 1 aliphatic carbocycles. The number of hydrogen-bond acceptors (Lipinski definition) is 4. The van der Waals surface area contributed by atoms with Crippen LogP contribution in [0.2, 0.25) is 0 Å². The van der Waals surface area contributed by atoms with Crippen LogP contribution in [0.25, 0.3) is 10.2 Å². The number of amides is 1. The Morgan fingerprint density at radius 2 is 1.85 bits per heavy atom. The van der Waals surface area contributed by atoms with Crippen molar-refractivity contribution in [2.24, 2.45) is 11.8 Å². The lowest BCUT2D eigenvalue weighted by Crippen LogP contribution is -2.42. The van der Waals surface area contributed by atoms with Crippen LogP contribution in [0.4, 0.5) is 0 Å². The summed E-state index contributed by atoms with van der Waals surface area (Å²) in [5.74, 6) is 0.422. The van der Waals surface area contributed by atoms with E-state index < -0.39 is 0 Å². The van der Waals surface area contributed by atoms with Crippen LogP contribution in [0.3, 0.4) is 0 Å². The Labute approximate surface area is 198 Å². The highest BCUT2D eigenvalue weighted by Crippen LogP contribution is 2.30. The minimum atomic E-state index is -0.241. The molecule has 0 aliphatic heterocycles. The molecule has 0 spiro atoms. The van der Waals surface area contributed by atoms with Gasteiger partial charge in [0, 0.05) is 19.0 Å². The summed E-state index contributed by atoms with van der Waals surface area (Å²) in [7, 11) is 0. The van der Waals surface area contributed by atoms with Gasteiger partial charge in [0.15, 0.2) is 0 Å². The normalized spacial score (nSPS) is 18.5. The lowest BCUT2D eigenvalue weighted by Gasteiger charge is -2.28. The van der Waals surface area contributed by atoms with Gasteiger partial charge in [-0.05, 0) is 74.4 Å². The number of fused-ring (bicyclic) bond motifs is 1. The van der Waals surface area contributed by atoms with Gasteiger partial charge in [-0.25, -0.2) is 4.79 Å². The van der Waals surface area contributed by atoms with Gasteiger partial charge in [-0.15, -0.1) is 11.3 Å². The van der Waals surface area contributed by atoms with Crippen LogP contribution in [0.1, 0.15) is 55.7 Å². The van der Waals surface area contributed by atoms with Gasteiger partial charge >= 0.3 is 5.69 Å². The zero-order chi connectivity index (χ0) is 23.5. The maximum atomic E-state index is 13.5. The summed E-state index contributed by atoms with van der Waals surface area (Å²) in [6, 6.07) is 8.13. The summed E-state index contributed by atoms with van der Waals surface area (Å²) in [6.07, 6.45) is 4.27. The van der Waals surface area contributed by atoms with Gasteiger partial charge in [0.2, 0.25) is 5.91 Å². The van der Waals surface area contributed by atoms with Crippen molar-refractivity contribution in [2.75, 3.05) is 6.54 Å². The lowest BCUT2D eigenvalue weighted by atomic mass is 9.81. The van der Waals surface area contributed by atoms with E-state index in [1.54, 1.807) is 4.57 Å². The molecule has 2 aromatic heterocycles. The molecule has 1 fully saturated rings. The van der Waals surface area contributed by atoms with Crippen molar-refractivity contribution < 1.29 is 4.79 Å². The first-order valence-corrected chi connectivity index (χ1v) is 12.8. The zero-order valence-corrected chi connectivity index (χ0v) is 20.5. The van der Waals surface area contributed by atoms with Gasteiger partial charge in [-0.1, -0.05) is 30.7 Å². The highest BCUT2D eigenvalue weighted by Gasteiger charge is 2.27. The van der Waals surface area contributed by atoms with E-state index in [9.17, 15) is 14.4 Å². The second kappa shape index (κ2) is 10.1. The molecule has 4 rings (SSSR count). The minimum absolute atomic E-state index is 0.0465. The molecular formula is C26H33N3O3S. The molecule has 1 N–H and O–H groups in total. The molecule has 33 heavy (non-hydrogen) atoms. The predicted molar refractivity (Wildman–Crippen MR) is 134 cm³/mol. The van der Waals surface area contributed by atoms with Crippen LogP contribution in [0.5, 0.6) is 0 Å². The molecule has 3 aromatic rings. The number of rotatable bonds is 7. The largest absolute Gasteiger partial charge is 0.356 e. The molecule has 0 bridgehead atoms. The maximum Gasteiger partial charge on any atom is 0.331 e. The third kappa shape index (κ3) is 4.98. The second-order valence-electron chi connectivity index (χ2n) is 9.36. The third-order valence-corrected chi connectivity index (χ3v) is 7.77. The summed E-state index contributed by atoms with van der Waals surface area (Å²) in [5.41, 5.74) is 3.66. The van der Waals surface area contributed by atoms with Crippen molar-refractivity contribution in [3.05, 3.63) is 67.2 Å². The fraction of sp³-hybridized carbons (Fsp3) is 0.500. The summed E-state index contributed by atoms with van der Waals surface area (Å²) < 4.78 is 3.82. The molecule has 1 aliphatic rings. The summed E-state index contributed by atoms with van der Waals surface area (Å²) in [6.45, 7) is 7.73. The van der Waals surface area contributed by atoms with Crippen molar-refractivity contribution in [1.82, 2.24) is 14.5 Å². The number of benzene rings is 1. The monoisotopic (exact) mass is 467 g/mol. The third-order valence-electron chi connectivity index (χ3n) is 6.88. The van der Waals surface area contributed by atoms with E-state index in [1.165, 1.54) is 15.9 Å². The number of nitrogens with zero attached hydrogens (tertiary/aromatic N) is 2. The summed E-state index contributed by atoms with van der Waals surface area (Å²) in [5, 5.41) is 4.88. The number of aromatic nitrogens is 2. The van der Waals surface area contributed by atoms with E-state index >= 15 is 0 Å². The average molecular weight is 468 g/mol. The maximum absolute atomic E-state index is 13.5. The molecule has 2 heterocycles. The smallest absolute Gasteiger partial charge is 0.331 e. The van der Waals surface area contributed by atoms with E-state index in [-0.39, 0.29) is 29.0 Å². The first-order chi connectivity index (χ1) is 15.9. The van der Waals surface area contributed by atoms with E-state index in [2.05, 4.69) is 30.4 Å². The lowest BCUT2D eigenvalue weighted by molar-refractivity contribution is -0.126. The Balaban J connectivity index is 1.59. The van der Waals surface area contributed by atoms with Gasteiger partial charge in [-0.3, -0.25) is 18.7 Å². The van der Waals surface area contributed by atoms with Crippen molar-refractivity contribution in [1.29, 1.82) is 0 Å². The van der Waals surface area contributed by atoms with Gasteiger partial charge < -0.3 is 5.32 Å². The average Bonchev–Trinajstić information content (AvgIpc) is 3.30. The minimum Gasteiger partial charge on any atom is -0.356 e. The molecule has 6 nitrogen and oxygen atoms in total. The number of nitrogens with one attached hydrogen (secondary N) is 1. The predicted octanol–water partition coefficient (Wildman–Crippen LogP) is 4.22.